The molecule has 0 radical (unpaired) electrons. The Bertz CT molecular complexity index is 1700. The maximum atomic E-state index is 4.66. The molecular weight excluding hydrogens is 417 g/mol. The van der Waals surface area contributed by atoms with Crippen molar-refractivity contribution in [2.75, 3.05) is 10.0 Å². The first-order valence-electron chi connectivity index (χ1n) is 10.4. The maximum absolute atomic E-state index is 4.66. The molecule has 0 unspecified atom stereocenters. The van der Waals surface area contributed by atoms with Crippen LogP contribution in [0, 0.1) is 0 Å². The van der Waals surface area contributed by atoms with Crippen molar-refractivity contribution in [1.82, 2.24) is 4.98 Å². The molecule has 1 N–H and O–H groups in total. The summed E-state index contributed by atoms with van der Waals surface area (Å²) in [6, 6.07) is 26.2. The number of fused-ring (bicyclic) bond motifs is 14. The van der Waals surface area contributed by atoms with E-state index in [0.717, 1.165) is 5.52 Å². The summed E-state index contributed by atoms with van der Waals surface area (Å²) in [7, 11) is 0. The zero-order valence-corrected chi connectivity index (χ0v) is 17.9. The van der Waals surface area contributed by atoms with E-state index in [1.165, 1.54) is 57.8 Å². The minimum atomic E-state index is 0.125. The Morgan fingerprint density at radius 1 is 0.742 bits per heavy atom. The number of nitrogens with one attached hydrogen (secondary N) is 1. The summed E-state index contributed by atoms with van der Waals surface area (Å²) in [5.74, 6) is 0. The van der Waals surface area contributed by atoms with Gasteiger partial charge in [-0.2, -0.15) is 0 Å². The zero-order valence-electron chi connectivity index (χ0n) is 16.3. The predicted molar refractivity (Wildman–Crippen MR) is 136 cm³/mol. The monoisotopic (exact) mass is 431 g/mol. The lowest BCUT2D eigenvalue weighted by atomic mass is 9.66. The topological polar surface area (TPSA) is 28.2 Å². The highest BCUT2D eigenvalue weighted by atomic mass is 32.1. The van der Waals surface area contributed by atoms with Gasteiger partial charge in [0.05, 0.1) is 11.2 Å². The Hall–Kier alpha value is -3.35. The van der Waals surface area contributed by atoms with Crippen molar-refractivity contribution in [3.8, 4) is 11.1 Å². The van der Waals surface area contributed by atoms with Crippen LogP contribution >= 0.6 is 22.7 Å². The first kappa shape index (κ1) is 16.4. The molecule has 31 heavy (non-hydrogen) atoms. The maximum Gasteiger partial charge on any atom is 0.425 e. The molecule has 2 aliphatic rings. The van der Waals surface area contributed by atoms with Gasteiger partial charge in [-0.25, -0.2) is 0 Å². The van der Waals surface area contributed by atoms with E-state index < -0.39 is 0 Å². The SMILES string of the molecule is c1ccc2c3c(sc2c1)N1B(N3)c2sc3ccccc3c2-c2c1ccc1ncccc21. The number of rotatable bonds is 0. The van der Waals surface area contributed by atoms with Gasteiger partial charge in [-0.15, -0.1) is 22.7 Å². The zero-order chi connectivity index (χ0) is 20.1. The number of hydrogen-bond acceptors (Lipinski definition) is 5. The number of pyridine rings is 1. The van der Waals surface area contributed by atoms with E-state index in [1.54, 1.807) is 0 Å². The number of thiophene rings is 2. The van der Waals surface area contributed by atoms with Crippen LogP contribution in [0.15, 0.2) is 79.0 Å². The van der Waals surface area contributed by atoms with Gasteiger partial charge in [0.15, 0.2) is 0 Å². The van der Waals surface area contributed by atoms with Crippen LogP contribution in [0.5, 0.6) is 0 Å². The molecule has 6 heteroatoms. The van der Waals surface area contributed by atoms with Gasteiger partial charge in [0.1, 0.15) is 5.00 Å². The van der Waals surface area contributed by atoms with Crippen LogP contribution in [0.1, 0.15) is 0 Å². The molecule has 0 saturated carbocycles. The Morgan fingerprint density at radius 3 is 2.42 bits per heavy atom. The van der Waals surface area contributed by atoms with E-state index in [0.29, 0.717) is 0 Å². The molecule has 2 aliphatic heterocycles. The van der Waals surface area contributed by atoms with Crippen molar-refractivity contribution in [2.45, 2.75) is 0 Å². The molecular formula is C25H14BN3S2. The molecule has 3 aromatic heterocycles. The summed E-state index contributed by atoms with van der Waals surface area (Å²) in [5, 5.41) is 9.07. The smallest absolute Gasteiger partial charge is 0.402 e. The fraction of sp³-hybridized carbons (Fsp3) is 0. The van der Waals surface area contributed by atoms with Gasteiger partial charge in [-0.3, -0.25) is 4.98 Å². The standard InChI is InChI=1S/C25H14BN3S2/c1-3-9-19-15(6-1)22-21-14-8-5-13-27-17(14)11-12-18(21)29-25-23(28-26(29)24(22)30-19)16-7-2-4-10-20(16)31-25/h1-13,28H. The lowest BCUT2D eigenvalue weighted by molar-refractivity contribution is 1.40. The highest BCUT2D eigenvalue weighted by Gasteiger charge is 2.46. The number of benzene rings is 3. The van der Waals surface area contributed by atoms with Crippen LogP contribution in [0.25, 0.3) is 42.2 Å². The average Bonchev–Trinajstić information content (AvgIpc) is 3.48. The van der Waals surface area contributed by atoms with Gasteiger partial charge in [0.25, 0.3) is 0 Å². The van der Waals surface area contributed by atoms with Gasteiger partial charge in [-0.05, 0) is 35.7 Å². The van der Waals surface area contributed by atoms with Gasteiger partial charge in [0, 0.05) is 48.0 Å². The number of nitrogens with zero attached hydrogens (tertiary/aromatic N) is 2. The van der Waals surface area contributed by atoms with Gasteiger partial charge in [0.2, 0.25) is 0 Å². The van der Waals surface area contributed by atoms with Crippen LogP contribution in [0.2, 0.25) is 0 Å². The Kier molecular flexibility index (Phi) is 2.99. The van der Waals surface area contributed by atoms with E-state index in [4.69, 9.17) is 0 Å². The Morgan fingerprint density at radius 2 is 1.52 bits per heavy atom. The molecule has 144 valence electrons. The molecule has 0 amide bonds. The normalized spacial score (nSPS) is 13.9. The highest BCUT2D eigenvalue weighted by Crippen LogP contribution is 2.55. The third kappa shape index (κ3) is 1.97. The van der Waals surface area contributed by atoms with Crippen LogP contribution in [0.4, 0.5) is 16.4 Å². The summed E-state index contributed by atoms with van der Waals surface area (Å²) in [5.41, 5.74) is 6.24. The second-order valence-electron chi connectivity index (χ2n) is 8.06. The van der Waals surface area contributed by atoms with Gasteiger partial charge >= 0.3 is 6.98 Å². The fourth-order valence-corrected chi connectivity index (χ4v) is 7.67. The van der Waals surface area contributed by atoms with Gasteiger partial charge < -0.3 is 10.0 Å². The molecule has 8 rings (SSSR count). The van der Waals surface area contributed by atoms with E-state index >= 15 is 0 Å². The molecule has 3 nitrogen and oxygen atoms in total. The summed E-state index contributed by atoms with van der Waals surface area (Å²) in [4.78, 5) is 7.18. The molecule has 5 heterocycles. The van der Waals surface area contributed by atoms with E-state index in [1.807, 2.05) is 28.9 Å². The van der Waals surface area contributed by atoms with Crippen LogP contribution in [-0.2, 0) is 0 Å². The van der Waals surface area contributed by atoms with Crippen molar-refractivity contribution in [3.63, 3.8) is 0 Å². The summed E-state index contributed by atoms with van der Waals surface area (Å²) in [6.45, 7) is 0.125. The lowest BCUT2D eigenvalue weighted by Gasteiger charge is -2.31. The van der Waals surface area contributed by atoms with E-state index in [9.17, 15) is 0 Å². The van der Waals surface area contributed by atoms with Crippen LogP contribution < -0.4 is 14.8 Å². The third-order valence-electron chi connectivity index (χ3n) is 6.48. The molecule has 0 fully saturated rings. The largest absolute Gasteiger partial charge is 0.425 e. The molecule has 6 aromatic rings. The number of anilines is 3. The number of aromatic nitrogens is 1. The highest BCUT2D eigenvalue weighted by molar-refractivity contribution is 7.32. The van der Waals surface area contributed by atoms with Crippen molar-refractivity contribution < 1.29 is 0 Å². The van der Waals surface area contributed by atoms with Crippen LogP contribution in [0.3, 0.4) is 0 Å². The molecule has 0 saturated heterocycles. The summed E-state index contributed by atoms with van der Waals surface area (Å²) < 4.78 is 4.05. The second kappa shape index (κ2) is 5.66. The predicted octanol–water partition coefficient (Wildman–Crippen LogP) is 6.60. The van der Waals surface area contributed by atoms with Crippen molar-refractivity contribution in [3.05, 3.63) is 79.0 Å². The first-order valence-corrected chi connectivity index (χ1v) is 12.0. The molecule has 0 bridgehead atoms. The van der Waals surface area contributed by atoms with E-state index in [-0.39, 0.29) is 6.98 Å². The molecule has 3 aromatic carbocycles. The minimum Gasteiger partial charge on any atom is -0.402 e. The minimum absolute atomic E-state index is 0.125. The second-order valence-corrected chi connectivity index (χ2v) is 10.2. The molecule has 0 atom stereocenters. The van der Waals surface area contributed by atoms with E-state index in [2.05, 4.69) is 87.8 Å². The quantitative estimate of drug-likeness (QED) is 0.275. The average molecular weight is 431 g/mol. The lowest BCUT2D eigenvalue weighted by Crippen LogP contribution is -2.49. The molecule has 0 spiro atoms. The van der Waals surface area contributed by atoms with Crippen LogP contribution in [-0.4, -0.2) is 12.0 Å². The Labute approximate surface area is 186 Å². The van der Waals surface area contributed by atoms with Crippen molar-refractivity contribution >= 4 is 81.9 Å². The van der Waals surface area contributed by atoms with Crippen molar-refractivity contribution in [1.29, 1.82) is 0 Å². The third-order valence-corrected chi connectivity index (χ3v) is 8.87. The fourth-order valence-electron chi connectivity index (χ4n) is 5.21. The summed E-state index contributed by atoms with van der Waals surface area (Å²) in [6.07, 6.45) is 1.88. The Balaban J connectivity index is 1.54. The molecule has 0 aliphatic carbocycles. The first-order chi connectivity index (χ1) is 15.4. The number of hydrogen-bond donors (Lipinski definition) is 1. The van der Waals surface area contributed by atoms with Gasteiger partial charge in [-0.1, -0.05) is 42.5 Å². The summed E-state index contributed by atoms with van der Waals surface area (Å²) >= 11 is 3.78. The van der Waals surface area contributed by atoms with Crippen molar-refractivity contribution in [2.24, 2.45) is 0 Å².